The van der Waals surface area contributed by atoms with Crippen molar-refractivity contribution >= 4 is 16.9 Å². The summed E-state index contributed by atoms with van der Waals surface area (Å²) >= 11 is -1.31. The van der Waals surface area contributed by atoms with E-state index in [1.54, 1.807) is 18.3 Å². The van der Waals surface area contributed by atoms with Gasteiger partial charge in [0.15, 0.2) is 0 Å². The molecule has 2 aromatic rings. The number of imidazole rings is 1. The van der Waals surface area contributed by atoms with Crippen molar-refractivity contribution in [3.63, 3.8) is 0 Å². The molecule has 17 heavy (non-hydrogen) atoms. The van der Waals surface area contributed by atoms with Crippen molar-refractivity contribution in [2.24, 2.45) is 0 Å². The molecule has 0 aliphatic carbocycles. The van der Waals surface area contributed by atoms with Crippen LogP contribution in [0.4, 0.5) is 5.69 Å². The predicted octanol–water partition coefficient (Wildman–Crippen LogP) is 1.63. The normalized spacial score (nSPS) is 12.3. The molecule has 0 saturated carbocycles. The van der Waals surface area contributed by atoms with E-state index < -0.39 is 16.1 Å². The minimum Gasteiger partial charge on any atom is -0.609 e. The molecular weight excluding hydrogens is 242 g/mol. The van der Waals surface area contributed by atoms with Crippen molar-refractivity contribution in [3.05, 3.63) is 52.3 Å². The highest BCUT2D eigenvalue weighted by Crippen LogP contribution is 2.17. The predicted molar refractivity (Wildman–Crippen MR) is 61.8 cm³/mol. The molecule has 1 heterocycles. The summed E-state index contributed by atoms with van der Waals surface area (Å²) in [5.74, 6) is 0.204. The first-order valence-electron chi connectivity index (χ1n) is 4.78. The van der Waals surface area contributed by atoms with Gasteiger partial charge < -0.3 is 9.54 Å². The first-order chi connectivity index (χ1) is 8.16. The van der Waals surface area contributed by atoms with Gasteiger partial charge in [-0.1, -0.05) is 12.1 Å². The van der Waals surface area contributed by atoms with Gasteiger partial charge in [-0.25, -0.2) is 0 Å². The van der Waals surface area contributed by atoms with Gasteiger partial charge in [0, 0.05) is 41.3 Å². The van der Waals surface area contributed by atoms with Crippen LogP contribution in [0.3, 0.4) is 0 Å². The van der Waals surface area contributed by atoms with Crippen LogP contribution in [-0.2, 0) is 16.9 Å². The quantitative estimate of drug-likeness (QED) is 0.507. The Morgan fingerprint density at radius 3 is 2.94 bits per heavy atom. The van der Waals surface area contributed by atoms with Crippen LogP contribution in [0.5, 0.6) is 0 Å². The summed E-state index contributed by atoms with van der Waals surface area (Å²) in [5.41, 5.74) is 0.646. The lowest BCUT2D eigenvalue weighted by molar-refractivity contribution is -0.384. The summed E-state index contributed by atoms with van der Waals surface area (Å²) < 4.78 is 11.8. The fraction of sp³-hybridized carbons (Fsp3) is 0.100. The standard InChI is InChI=1S/C10H9N3O3S/c14-13(15)9-3-1-2-8(6-9)7-17(16)10-11-4-5-12-10/h1-6H,7H2,(H,11,12). The smallest absolute Gasteiger partial charge is 0.320 e. The lowest BCUT2D eigenvalue weighted by Gasteiger charge is -2.06. The van der Waals surface area contributed by atoms with E-state index in [1.807, 2.05) is 0 Å². The highest BCUT2D eigenvalue weighted by molar-refractivity contribution is 7.90. The van der Waals surface area contributed by atoms with Crippen molar-refractivity contribution in [2.75, 3.05) is 0 Å². The Morgan fingerprint density at radius 2 is 2.29 bits per heavy atom. The molecule has 7 heteroatoms. The minimum atomic E-state index is -1.31. The Bertz CT molecular complexity index is 515. The number of hydrogen-bond donors (Lipinski definition) is 1. The van der Waals surface area contributed by atoms with Crippen molar-refractivity contribution in [2.45, 2.75) is 10.9 Å². The number of benzene rings is 1. The van der Waals surface area contributed by atoms with Crippen LogP contribution in [0, 0.1) is 10.1 Å². The zero-order valence-electron chi connectivity index (χ0n) is 8.70. The molecule has 0 radical (unpaired) electrons. The number of nitro benzene ring substituents is 1. The SMILES string of the molecule is O=[N+]([O-])c1cccc(C[S+]([O-])c2ncc[nH]2)c1. The van der Waals surface area contributed by atoms with Crippen LogP contribution in [0.1, 0.15) is 5.56 Å². The third-order valence-corrected chi connectivity index (χ3v) is 3.36. The van der Waals surface area contributed by atoms with Crippen molar-refractivity contribution in [1.29, 1.82) is 0 Å². The van der Waals surface area contributed by atoms with Gasteiger partial charge in [0.1, 0.15) is 5.75 Å². The van der Waals surface area contributed by atoms with Crippen LogP contribution < -0.4 is 0 Å². The molecule has 0 amide bonds. The van der Waals surface area contributed by atoms with E-state index in [1.165, 1.54) is 18.3 Å². The van der Waals surface area contributed by atoms with E-state index >= 15 is 0 Å². The van der Waals surface area contributed by atoms with Crippen LogP contribution in [0.25, 0.3) is 0 Å². The lowest BCUT2D eigenvalue weighted by atomic mass is 10.2. The molecule has 0 spiro atoms. The van der Waals surface area contributed by atoms with Gasteiger partial charge in [-0.3, -0.25) is 10.1 Å². The van der Waals surface area contributed by atoms with Gasteiger partial charge >= 0.3 is 5.16 Å². The molecular formula is C10H9N3O3S. The maximum atomic E-state index is 11.8. The van der Waals surface area contributed by atoms with Crippen molar-refractivity contribution < 1.29 is 9.48 Å². The number of rotatable bonds is 4. The molecule has 2 rings (SSSR count). The Morgan fingerprint density at radius 1 is 1.47 bits per heavy atom. The van der Waals surface area contributed by atoms with Crippen molar-refractivity contribution in [1.82, 2.24) is 9.97 Å². The minimum absolute atomic E-state index is 0.000977. The number of nitro groups is 1. The maximum Gasteiger partial charge on any atom is 0.320 e. The Balaban J connectivity index is 2.13. The zero-order chi connectivity index (χ0) is 12.3. The summed E-state index contributed by atoms with van der Waals surface area (Å²) in [7, 11) is 0. The number of aromatic amines is 1. The van der Waals surface area contributed by atoms with Gasteiger partial charge in [-0.05, 0) is 0 Å². The number of nitrogens with one attached hydrogen (secondary N) is 1. The first kappa shape index (κ1) is 11.6. The highest BCUT2D eigenvalue weighted by Gasteiger charge is 2.16. The third kappa shape index (κ3) is 2.83. The monoisotopic (exact) mass is 251 g/mol. The van der Waals surface area contributed by atoms with Crippen LogP contribution in [-0.4, -0.2) is 19.4 Å². The second-order valence-electron chi connectivity index (χ2n) is 3.31. The van der Waals surface area contributed by atoms with Gasteiger partial charge in [-0.15, -0.1) is 0 Å². The van der Waals surface area contributed by atoms with Crippen LogP contribution in [0.2, 0.25) is 0 Å². The van der Waals surface area contributed by atoms with Crippen LogP contribution in [0.15, 0.2) is 41.8 Å². The molecule has 1 atom stereocenters. The van der Waals surface area contributed by atoms with Gasteiger partial charge in [0.05, 0.1) is 4.92 Å². The number of nitrogens with zero attached hydrogens (tertiary/aromatic N) is 2. The van der Waals surface area contributed by atoms with Gasteiger partial charge in [-0.2, -0.15) is 4.98 Å². The van der Waals surface area contributed by atoms with Crippen LogP contribution >= 0.6 is 0 Å². The van der Waals surface area contributed by atoms with E-state index in [2.05, 4.69) is 9.97 Å². The van der Waals surface area contributed by atoms with E-state index in [0.717, 1.165) is 0 Å². The highest BCUT2D eigenvalue weighted by atomic mass is 32.2. The largest absolute Gasteiger partial charge is 0.609 e. The number of H-pyrrole nitrogens is 1. The lowest BCUT2D eigenvalue weighted by Crippen LogP contribution is -2.07. The Labute approximate surface area is 100 Å². The number of aromatic nitrogens is 2. The molecule has 6 nitrogen and oxygen atoms in total. The van der Waals surface area contributed by atoms with E-state index in [-0.39, 0.29) is 11.4 Å². The fourth-order valence-electron chi connectivity index (χ4n) is 1.35. The molecule has 0 aliphatic heterocycles. The molecule has 0 saturated heterocycles. The van der Waals surface area contributed by atoms with Gasteiger partial charge in [0.2, 0.25) is 0 Å². The molecule has 88 valence electrons. The molecule has 1 aromatic carbocycles. The van der Waals surface area contributed by atoms with Crippen molar-refractivity contribution in [3.8, 4) is 0 Å². The number of non-ortho nitro benzene ring substituents is 1. The molecule has 0 fully saturated rings. The molecule has 1 unspecified atom stereocenters. The zero-order valence-corrected chi connectivity index (χ0v) is 9.52. The molecule has 0 bridgehead atoms. The second kappa shape index (κ2) is 4.98. The third-order valence-electron chi connectivity index (χ3n) is 2.11. The fourth-order valence-corrected chi connectivity index (χ4v) is 2.35. The first-order valence-corrected chi connectivity index (χ1v) is 6.10. The molecule has 1 N–H and O–H groups in total. The Kier molecular flexibility index (Phi) is 3.40. The topological polar surface area (TPSA) is 94.9 Å². The average molecular weight is 251 g/mol. The average Bonchev–Trinajstić information content (AvgIpc) is 2.82. The summed E-state index contributed by atoms with van der Waals surface area (Å²) in [6.45, 7) is 0. The van der Waals surface area contributed by atoms with Gasteiger partial charge in [0.25, 0.3) is 5.69 Å². The number of hydrogen-bond acceptors (Lipinski definition) is 4. The Hall–Kier alpha value is -1.86. The van der Waals surface area contributed by atoms with E-state index in [0.29, 0.717) is 10.7 Å². The summed E-state index contributed by atoms with van der Waals surface area (Å²) in [4.78, 5) is 16.7. The van der Waals surface area contributed by atoms with E-state index in [9.17, 15) is 14.7 Å². The molecule has 0 aliphatic rings. The summed E-state index contributed by atoms with van der Waals surface area (Å²) in [6, 6.07) is 6.10. The maximum absolute atomic E-state index is 11.8. The second-order valence-corrected chi connectivity index (χ2v) is 4.68. The molecule has 1 aromatic heterocycles. The van der Waals surface area contributed by atoms with E-state index in [4.69, 9.17) is 0 Å². The summed E-state index contributed by atoms with van der Waals surface area (Å²) in [6.07, 6.45) is 3.10. The summed E-state index contributed by atoms with van der Waals surface area (Å²) in [5, 5.41) is 11.0.